The van der Waals surface area contributed by atoms with E-state index in [0.29, 0.717) is 0 Å². The van der Waals surface area contributed by atoms with Crippen LogP contribution in [0, 0.1) is 11.6 Å². The Labute approximate surface area is 92.3 Å². The van der Waals surface area contributed by atoms with Crippen molar-refractivity contribution in [2.24, 2.45) is 0 Å². The number of aliphatic hydroxyl groups excluding tert-OH is 1. The van der Waals surface area contributed by atoms with Crippen LogP contribution in [0.5, 0.6) is 0 Å². The zero-order chi connectivity index (χ0) is 12.3. The van der Waals surface area contributed by atoms with Crippen LogP contribution in [-0.4, -0.2) is 29.6 Å². The summed E-state index contributed by atoms with van der Waals surface area (Å²) in [7, 11) is 1.45. The van der Waals surface area contributed by atoms with Crippen molar-refractivity contribution < 1.29 is 18.7 Å². The third-order valence-electron chi connectivity index (χ3n) is 2.46. The summed E-state index contributed by atoms with van der Waals surface area (Å²) in [6, 6.07) is 2.25. The van der Waals surface area contributed by atoms with Crippen molar-refractivity contribution in [2.75, 3.05) is 13.7 Å². The molecule has 0 aliphatic heterocycles. The fourth-order valence-electron chi connectivity index (χ4n) is 1.42. The van der Waals surface area contributed by atoms with Crippen molar-refractivity contribution in [1.29, 1.82) is 0 Å². The summed E-state index contributed by atoms with van der Waals surface area (Å²) in [4.78, 5) is 12.3. The van der Waals surface area contributed by atoms with Crippen LogP contribution in [0.15, 0.2) is 18.2 Å². The zero-order valence-electron chi connectivity index (χ0n) is 9.08. The highest BCUT2D eigenvalue weighted by molar-refractivity contribution is 5.73. The molecular weight excluding hydrogens is 216 g/mol. The van der Waals surface area contributed by atoms with Crippen molar-refractivity contribution in [3.8, 4) is 0 Å². The molecule has 1 aromatic carbocycles. The second-order valence-electron chi connectivity index (χ2n) is 3.49. The molecule has 1 aromatic rings. The van der Waals surface area contributed by atoms with Crippen LogP contribution in [0.3, 0.4) is 0 Å². The minimum Gasteiger partial charge on any atom is -0.394 e. The molecule has 0 aliphatic rings. The molecule has 16 heavy (non-hydrogen) atoms. The molecule has 0 heterocycles. The second-order valence-corrected chi connectivity index (χ2v) is 3.49. The Morgan fingerprint density at radius 3 is 2.56 bits per heavy atom. The number of amides is 1. The Bertz CT molecular complexity index is 396. The van der Waals surface area contributed by atoms with E-state index >= 15 is 0 Å². The first-order valence-electron chi connectivity index (χ1n) is 4.76. The number of aliphatic hydroxyl groups is 1. The molecule has 1 rings (SSSR count). The van der Waals surface area contributed by atoms with Gasteiger partial charge in [0.15, 0.2) is 0 Å². The molecule has 1 atom stereocenters. The highest BCUT2D eigenvalue weighted by Crippen LogP contribution is 2.22. The largest absolute Gasteiger partial charge is 0.394 e. The number of nitrogens with zero attached hydrogens (tertiary/aromatic N) is 1. The van der Waals surface area contributed by atoms with Gasteiger partial charge < -0.3 is 10.0 Å². The van der Waals surface area contributed by atoms with Gasteiger partial charge in [0, 0.05) is 25.6 Å². The van der Waals surface area contributed by atoms with E-state index in [2.05, 4.69) is 0 Å². The quantitative estimate of drug-likeness (QED) is 0.852. The number of rotatable bonds is 3. The van der Waals surface area contributed by atoms with Crippen molar-refractivity contribution in [3.05, 3.63) is 35.4 Å². The number of hydrogen-bond acceptors (Lipinski definition) is 2. The number of hydrogen-bond donors (Lipinski definition) is 1. The lowest BCUT2D eigenvalue weighted by atomic mass is 10.1. The van der Waals surface area contributed by atoms with Gasteiger partial charge in [-0.2, -0.15) is 0 Å². The molecule has 0 bridgehead atoms. The molecule has 0 aromatic heterocycles. The summed E-state index contributed by atoms with van der Waals surface area (Å²) >= 11 is 0. The molecule has 3 nitrogen and oxygen atoms in total. The average molecular weight is 229 g/mol. The molecule has 5 heteroatoms. The second kappa shape index (κ2) is 5.03. The standard InChI is InChI=1S/C11H13F2NO2/c1-7(16)14(2)11(6-15)9-4-3-8(12)5-10(9)13/h3-5,11,15H,6H2,1-2H3. The molecule has 0 radical (unpaired) electrons. The van der Waals surface area contributed by atoms with Crippen molar-refractivity contribution in [2.45, 2.75) is 13.0 Å². The van der Waals surface area contributed by atoms with Gasteiger partial charge in [0.1, 0.15) is 11.6 Å². The lowest BCUT2D eigenvalue weighted by Crippen LogP contribution is -2.31. The number of benzene rings is 1. The molecule has 0 spiro atoms. The Morgan fingerprint density at radius 1 is 1.50 bits per heavy atom. The van der Waals surface area contributed by atoms with Crippen LogP contribution in [0.4, 0.5) is 8.78 Å². The number of carbonyl (C=O) groups is 1. The molecule has 88 valence electrons. The van der Waals surface area contributed by atoms with Crippen LogP contribution in [0.1, 0.15) is 18.5 Å². The highest BCUT2D eigenvalue weighted by Gasteiger charge is 2.21. The number of likely N-dealkylation sites (N-methyl/N-ethyl adjacent to an activating group) is 1. The van der Waals surface area contributed by atoms with Gasteiger partial charge in [-0.25, -0.2) is 8.78 Å². The van der Waals surface area contributed by atoms with Gasteiger partial charge >= 0.3 is 0 Å². The lowest BCUT2D eigenvalue weighted by molar-refractivity contribution is -0.130. The summed E-state index contributed by atoms with van der Waals surface area (Å²) in [5.74, 6) is -1.77. The third-order valence-corrected chi connectivity index (χ3v) is 2.46. The molecule has 0 saturated heterocycles. The normalized spacial score (nSPS) is 12.3. The van der Waals surface area contributed by atoms with Gasteiger partial charge in [-0.3, -0.25) is 4.79 Å². The molecule has 1 amide bonds. The smallest absolute Gasteiger partial charge is 0.219 e. The predicted octanol–water partition coefficient (Wildman–Crippen LogP) is 1.48. The third kappa shape index (κ3) is 2.55. The molecule has 0 saturated carbocycles. The van der Waals surface area contributed by atoms with Gasteiger partial charge in [-0.05, 0) is 6.07 Å². The molecule has 1 unspecified atom stereocenters. The first-order chi connectivity index (χ1) is 7.47. The first-order valence-corrected chi connectivity index (χ1v) is 4.76. The summed E-state index contributed by atoms with van der Waals surface area (Å²) in [6.07, 6.45) is 0. The van der Waals surface area contributed by atoms with E-state index in [1.807, 2.05) is 0 Å². The molecular formula is C11H13F2NO2. The number of halogens is 2. The Balaban J connectivity index is 3.08. The monoisotopic (exact) mass is 229 g/mol. The van der Waals surface area contributed by atoms with Crippen LogP contribution in [-0.2, 0) is 4.79 Å². The van der Waals surface area contributed by atoms with Crippen molar-refractivity contribution >= 4 is 5.91 Å². The zero-order valence-corrected chi connectivity index (χ0v) is 9.08. The topological polar surface area (TPSA) is 40.5 Å². The van der Waals surface area contributed by atoms with Gasteiger partial charge in [0.05, 0.1) is 12.6 Å². The van der Waals surface area contributed by atoms with Gasteiger partial charge in [-0.1, -0.05) is 6.07 Å². The summed E-state index contributed by atoms with van der Waals surface area (Å²) in [6.45, 7) is 0.892. The highest BCUT2D eigenvalue weighted by atomic mass is 19.1. The molecule has 1 N–H and O–H groups in total. The van der Waals surface area contributed by atoms with Crippen molar-refractivity contribution in [1.82, 2.24) is 4.90 Å². The maximum absolute atomic E-state index is 13.4. The van der Waals surface area contributed by atoms with E-state index in [1.165, 1.54) is 24.9 Å². The van der Waals surface area contributed by atoms with E-state index in [1.54, 1.807) is 0 Å². The summed E-state index contributed by atoms with van der Waals surface area (Å²) < 4.78 is 26.1. The van der Waals surface area contributed by atoms with Gasteiger partial charge in [0.2, 0.25) is 5.91 Å². The minimum absolute atomic E-state index is 0.0987. The molecule has 0 fully saturated rings. The maximum atomic E-state index is 13.4. The van der Waals surface area contributed by atoms with Crippen LogP contribution in [0.2, 0.25) is 0 Å². The minimum atomic E-state index is -0.793. The van der Waals surface area contributed by atoms with Gasteiger partial charge in [0.25, 0.3) is 0 Å². The van der Waals surface area contributed by atoms with E-state index in [9.17, 15) is 13.6 Å². The van der Waals surface area contributed by atoms with E-state index in [-0.39, 0.29) is 11.5 Å². The fourth-order valence-corrected chi connectivity index (χ4v) is 1.42. The van der Waals surface area contributed by atoms with Gasteiger partial charge in [-0.15, -0.1) is 0 Å². The van der Waals surface area contributed by atoms with Crippen LogP contribution < -0.4 is 0 Å². The SMILES string of the molecule is CC(=O)N(C)C(CO)c1ccc(F)cc1F. The summed E-state index contributed by atoms with van der Waals surface area (Å²) in [5.41, 5.74) is 0.0987. The Kier molecular flexibility index (Phi) is 3.95. The lowest BCUT2D eigenvalue weighted by Gasteiger charge is -2.26. The maximum Gasteiger partial charge on any atom is 0.219 e. The summed E-state index contributed by atoms with van der Waals surface area (Å²) in [5, 5.41) is 9.14. The van der Waals surface area contributed by atoms with E-state index < -0.39 is 24.3 Å². The predicted molar refractivity (Wildman–Crippen MR) is 54.6 cm³/mol. The van der Waals surface area contributed by atoms with E-state index in [4.69, 9.17) is 5.11 Å². The fraction of sp³-hybridized carbons (Fsp3) is 0.364. The molecule has 0 aliphatic carbocycles. The van der Waals surface area contributed by atoms with Crippen molar-refractivity contribution in [3.63, 3.8) is 0 Å². The average Bonchev–Trinajstić information content (AvgIpc) is 2.21. The first kappa shape index (κ1) is 12.6. The van der Waals surface area contributed by atoms with Crippen LogP contribution in [0.25, 0.3) is 0 Å². The Hall–Kier alpha value is -1.49. The van der Waals surface area contributed by atoms with Crippen LogP contribution >= 0.6 is 0 Å². The van der Waals surface area contributed by atoms with E-state index in [0.717, 1.165) is 12.1 Å². The number of carbonyl (C=O) groups excluding carboxylic acids is 1. The Morgan fingerprint density at radius 2 is 2.12 bits per heavy atom.